The standard InChI is InChI=1S/C22H34N2O3/c1-16-20-12-22(26-3)21(25-2)11-18(20)6-9-24(16)19-5-4-8-23(14-19)13-17-7-10-27-15-17/h11-12,16-17,19H,4-10,13-15H2,1-3H3/t16-,17+,19-/m0/s1. The molecule has 1 aromatic rings. The second-order valence-electron chi connectivity index (χ2n) is 8.36. The maximum absolute atomic E-state index is 5.58. The van der Waals surface area contributed by atoms with E-state index in [2.05, 4.69) is 28.9 Å². The summed E-state index contributed by atoms with van der Waals surface area (Å²) in [4.78, 5) is 5.41. The predicted octanol–water partition coefficient (Wildman–Crippen LogP) is 3.12. The smallest absolute Gasteiger partial charge is 0.161 e. The second-order valence-corrected chi connectivity index (χ2v) is 8.36. The van der Waals surface area contributed by atoms with Crippen LogP contribution in [-0.2, 0) is 11.2 Å². The van der Waals surface area contributed by atoms with Crippen LogP contribution in [0.1, 0.15) is 43.4 Å². The predicted molar refractivity (Wildman–Crippen MR) is 107 cm³/mol. The van der Waals surface area contributed by atoms with Crippen LogP contribution < -0.4 is 9.47 Å². The van der Waals surface area contributed by atoms with Crippen LogP contribution in [0.3, 0.4) is 0 Å². The van der Waals surface area contributed by atoms with Crippen LogP contribution in [0.5, 0.6) is 11.5 Å². The summed E-state index contributed by atoms with van der Waals surface area (Å²) in [5.41, 5.74) is 2.81. The average molecular weight is 375 g/mol. The first-order valence-corrected chi connectivity index (χ1v) is 10.5. The van der Waals surface area contributed by atoms with Gasteiger partial charge in [0.1, 0.15) is 0 Å². The van der Waals surface area contributed by atoms with Gasteiger partial charge in [0, 0.05) is 38.3 Å². The summed E-state index contributed by atoms with van der Waals surface area (Å²) in [6.07, 6.45) is 4.94. The van der Waals surface area contributed by atoms with Crippen LogP contribution in [0.2, 0.25) is 0 Å². The maximum atomic E-state index is 5.58. The molecule has 0 aliphatic carbocycles. The van der Waals surface area contributed by atoms with Crippen LogP contribution in [0.4, 0.5) is 0 Å². The van der Waals surface area contributed by atoms with Crippen molar-refractivity contribution in [2.45, 2.75) is 44.7 Å². The number of hydrogen-bond acceptors (Lipinski definition) is 5. The molecule has 0 unspecified atom stereocenters. The highest BCUT2D eigenvalue weighted by Gasteiger charge is 2.33. The van der Waals surface area contributed by atoms with Crippen molar-refractivity contribution < 1.29 is 14.2 Å². The van der Waals surface area contributed by atoms with Crippen molar-refractivity contribution in [1.82, 2.24) is 9.80 Å². The van der Waals surface area contributed by atoms with Crippen LogP contribution in [-0.4, -0.2) is 69.5 Å². The van der Waals surface area contributed by atoms with Crippen molar-refractivity contribution in [3.8, 4) is 11.5 Å². The number of likely N-dealkylation sites (tertiary alicyclic amines) is 1. The third-order valence-electron chi connectivity index (χ3n) is 6.72. The molecule has 150 valence electrons. The molecule has 5 heteroatoms. The van der Waals surface area contributed by atoms with E-state index < -0.39 is 0 Å². The summed E-state index contributed by atoms with van der Waals surface area (Å²) in [7, 11) is 3.44. The zero-order valence-corrected chi connectivity index (χ0v) is 17.1. The summed E-state index contributed by atoms with van der Waals surface area (Å²) in [5, 5.41) is 0. The SMILES string of the molecule is COc1cc2c(cc1OC)[C@H](C)N([C@H]1CCCN(C[C@H]3CCOC3)C1)CC2. The fourth-order valence-corrected chi connectivity index (χ4v) is 5.22. The summed E-state index contributed by atoms with van der Waals surface area (Å²) < 4.78 is 16.6. The largest absolute Gasteiger partial charge is 0.493 e. The molecule has 0 amide bonds. The summed E-state index contributed by atoms with van der Waals surface area (Å²) in [6.45, 7) is 9.05. The fraction of sp³-hybridized carbons (Fsp3) is 0.727. The third kappa shape index (κ3) is 3.96. The molecule has 0 bridgehead atoms. The molecule has 2 fully saturated rings. The van der Waals surface area contributed by atoms with Crippen molar-refractivity contribution in [2.75, 3.05) is 53.6 Å². The molecule has 2 saturated heterocycles. The fourth-order valence-electron chi connectivity index (χ4n) is 5.22. The number of methoxy groups -OCH3 is 2. The van der Waals surface area contributed by atoms with E-state index >= 15 is 0 Å². The van der Waals surface area contributed by atoms with Crippen molar-refractivity contribution in [1.29, 1.82) is 0 Å². The minimum Gasteiger partial charge on any atom is -0.493 e. The van der Waals surface area contributed by atoms with Gasteiger partial charge in [-0.25, -0.2) is 0 Å². The highest BCUT2D eigenvalue weighted by molar-refractivity contribution is 5.49. The molecule has 4 rings (SSSR count). The number of nitrogens with zero attached hydrogens (tertiary/aromatic N) is 2. The lowest BCUT2D eigenvalue weighted by Gasteiger charge is -2.45. The molecule has 0 radical (unpaired) electrons. The van der Waals surface area contributed by atoms with Gasteiger partial charge in [0.25, 0.3) is 0 Å². The molecule has 3 aliphatic rings. The van der Waals surface area contributed by atoms with Gasteiger partial charge in [-0.2, -0.15) is 0 Å². The highest BCUT2D eigenvalue weighted by Crippen LogP contribution is 2.39. The summed E-state index contributed by atoms with van der Waals surface area (Å²) >= 11 is 0. The average Bonchev–Trinajstić information content (AvgIpc) is 3.20. The number of fused-ring (bicyclic) bond motifs is 1. The molecule has 0 saturated carbocycles. The molecule has 27 heavy (non-hydrogen) atoms. The quantitative estimate of drug-likeness (QED) is 0.791. The van der Waals surface area contributed by atoms with E-state index in [1.165, 1.54) is 50.0 Å². The lowest BCUT2D eigenvalue weighted by molar-refractivity contribution is 0.0558. The van der Waals surface area contributed by atoms with E-state index in [1.54, 1.807) is 14.2 Å². The molecular formula is C22H34N2O3. The topological polar surface area (TPSA) is 34.2 Å². The Labute approximate surface area is 163 Å². The van der Waals surface area contributed by atoms with Crippen LogP contribution >= 0.6 is 0 Å². The van der Waals surface area contributed by atoms with E-state index in [0.29, 0.717) is 12.1 Å². The second kappa shape index (κ2) is 8.38. The maximum Gasteiger partial charge on any atom is 0.161 e. The van der Waals surface area contributed by atoms with E-state index in [9.17, 15) is 0 Å². The van der Waals surface area contributed by atoms with Crippen LogP contribution in [0, 0.1) is 5.92 Å². The minimum absolute atomic E-state index is 0.424. The number of rotatable bonds is 5. The van der Waals surface area contributed by atoms with E-state index in [0.717, 1.165) is 43.6 Å². The van der Waals surface area contributed by atoms with Crippen molar-refractivity contribution in [3.63, 3.8) is 0 Å². The van der Waals surface area contributed by atoms with Crippen LogP contribution in [0.15, 0.2) is 12.1 Å². The van der Waals surface area contributed by atoms with Gasteiger partial charge in [-0.3, -0.25) is 4.90 Å². The Kier molecular flexibility index (Phi) is 5.90. The Hall–Kier alpha value is -1.30. The van der Waals surface area contributed by atoms with E-state index in [-0.39, 0.29) is 0 Å². The number of ether oxygens (including phenoxy) is 3. The van der Waals surface area contributed by atoms with Gasteiger partial charge >= 0.3 is 0 Å². The minimum atomic E-state index is 0.424. The molecule has 3 aliphatic heterocycles. The zero-order chi connectivity index (χ0) is 18.8. The van der Waals surface area contributed by atoms with Gasteiger partial charge in [-0.15, -0.1) is 0 Å². The highest BCUT2D eigenvalue weighted by atomic mass is 16.5. The van der Waals surface area contributed by atoms with E-state index in [1.807, 2.05) is 0 Å². The van der Waals surface area contributed by atoms with Crippen molar-refractivity contribution in [3.05, 3.63) is 23.3 Å². The Morgan fingerprint density at radius 1 is 1.11 bits per heavy atom. The molecule has 0 aromatic heterocycles. The molecule has 0 spiro atoms. The van der Waals surface area contributed by atoms with Gasteiger partial charge in [-0.05, 0) is 68.3 Å². The molecule has 3 atom stereocenters. The summed E-state index contributed by atoms with van der Waals surface area (Å²) in [6, 6.07) is 5.45. The van der Waals surface area contributed by atoms with Gasteiger partial charge in [0.2, 0.25) is 0 Å². The first-order chi connectivity index (χ1) is 13.2. The monoisotopic (exact) mass is 374 g/mol. The van der Waals surface area contributed by atoms with Gasteiger partial charge < -0.3 is 19.1 Å². The first kappa shape index (κ1) is 19.0. The molecular weight excluding hydrogens is 340 g/mol. The summed E-state index contributed by atoms with van der Waals surface area (Å²) in [5.74, 6) is 2.43. The molecule has 1 aromatic carbocycles. The Bertz CT molecular complexity index is 645. The molecule has 3 heterocycles. The normalized spacial score (nSPS) is 29.5. The van der Waals surface area contributed by atoms with Gasteiger partial charge in [-0.1, -0.05) is 0 Å². The lowest BCUT2D eigenvalue weighted by Crippen LogP contribution is -2.51. The Balaban J connectivity index is 1.46. The van der Waals surface area contributed by atoms with Gasteiger partial charge in [0.15, 0.2) is 11.5 Å². The van der Waals surface area contributed by atoms with Crippen molar-refractivity contribution >= 4 is 0 Å². The molecule has 5 nitrogen and oxygen atoms in total. The van der Waals surface area contributed by atoms with Crippen molar-refractivity contribution in [2.24, 2.45) is 5.92 Å². The Morgan fingerprint density at radius 3 is 2.67 bits per heavy atom. The van der Waals surface area contributed by atoms with Crippen LogP contribution in [0.25, 0.3) is 0 Å². The number of hydrogen-bond donors (Lipinski definition) is 0. The Morgan fingerprint density at radius 2 is 1.93 bits per heavy atom. The van der Waals surface area contributed by atoms with E-state index in [4.69, 9.17) is 14.2 Å². The third-order valence-corrected chi connectivity index (χ3v) is 6.72. The van der Waals surface area contributed by atoms with Gasteiger partial charge in [0.05, 0.1) is 20.8 Å². The first-order valence-electron chi connectivity index (χ1n) is 10.5. The number of benzene rings is 1. The lowest BCUT2D eigenvalue weighted by atomic mass is 9.90. The zero-order valence-electron chi connectivity index (χ0n) is 17.1. The molecule has 0 N–H and O–H groups in total. The number of piperidine rings is 1.